The second kappa shape index (κ2) is 10.4. The monoisotopic (exact) mass is 451 g/mol. The molecule has 32 heavy (non-hydrogen) atoms. The summed E-state index contributed by atoms with van der Waals surface area (Å²) in [5.41, 5.74) is -0.648. The molecule has 0 spiro atoms. The van der Waals surface area contributed by atoms with Crippen molar-refractivity contribution >= 4 is 18.9 Å². The molecule has 169 valence electrons. The number of rotatable bonds is 9. The SMILES string of the molecule is CCCc1cc(F)c(OCC(C)(C#N)NC(=O)c2ccc(OC(F)(F)F)cc2)cc1[B]O. The topological polar surface area (TPSA) is 91.6 Å². The van der Waals surface area contributed by atoms with Crippen LogP contribution in [0.25, 0.3) is 0 Å². The lowest BCUT2D eigenvalue weighted by atomic mass is 9.82. The Morgan fingerprint density at radius 2 is 1.91 bits per heavy atom. The quantitative estimate of drug-likeness (QED) is 0.452. The van der Waals surface area contributed by atoms with E-state index in [2.05, 4.69) is 10.1 Å². The van der Waals surface area contributed by atoms with Crippen LogP contribution in [0.1, 0.15) is 36.2 Å². The highest BCUT2D eigenvalue weighted by Gasteiger charge is 2.31. The van der Waals surface area contributed by atoms with Crippen LogP contribution in [0.5, 0.6) is 11.5 Å². The highest BCUT2D eigenvalue weighted by molar-refractivity contribution is 6.46. The Hall–Kier alpha value is -3.26. The standard InChI is InChI=1S/C21H20BF4N2O4/c1-3-4-14-9-17(23)18(10-16(14)22-30)31-12-20(2,11-27)28-19(29)13-5-7-15(8-6-13)32-21(24,25)26/h5-10,30H,3-4,12H2,1-2H3,(H,28,29). The van der Waals surface area contributed by atoms with Gasteiger partial charge in [-0.3, -0.25) is 4.79 Å². The molecule has 0 fully saturated rings. The van der Waals surface area contributed by atoms with E-state index < -0.39 is 36.0 Å². The van der Waals surface area contributed by atoms with E-state index in [1.54, 1.807) is 0 Å². The van der Waals surface area contributed by atoms with E-state index in [1.807, 2.05) is 13.0 Å². The lowest BCUT2D eigenvalue weighted by Gasteiger charge is -2.24. The minimum atomic E-state index is -4.86. The van der Waals surface area contributed by atoms with Gasteiger partial charge >= 0.3 is 13.8 Å². The van der Waals surface area contributed by atoms with Crippen LogP contribution in [-0.4, -0.2) is 36.9 Å². The highest BCUT2D eigenvalue weighted by atomic mass is 19.4. The molecule has 2 N–H and O–H groups in total. The zero-order valence-corrected chi connectivity index (χ0v) is 17.3. The van der Waals surface area contributed by atoms with Gasteiger partial charge in [0, 0.05) is 5.56 Å². The third kappa shape index (κ3) is 6.88. The molecular formula is C21H20BF4N2O4. The number of nitrogens with zero attached hydrogens (tertiary/aromatic N) is 1. The van der Waals surface area contributed by atoms with E-state index in [0.29, 0.717) is 17.4 Å². The Balaban J connectivity index is 2.09. The number of nitriles is 1. The van der Waals surface area contributed by atoms with E-state index in [1.165, 1.54) is 19.1 Å². The van der Waals surface area contributed by atoms with Gasteiger partial charge in [-0.2, -0.15) is 5.26 Å². The number of amides is 1. The first kappa shape index (κ1) is 25.0. The van der Waals surface area contributed by atoms with E-state index in [0.717, 1.165) is 38.2 Å². The first-order valence-electron chi connectivity index (χ1n) is 9.52. The summed E-state index contributed by atoms with van der Waals surface area (Å²) in [6.45, 7) is 2.81. The number of benzene rings is 2. The highest BCUT2D eigenvalue weighted by Crippen LogP contribution is 2.23. The van der Waals surface area contributed by atoms with Crippen LogP contribution >= 0.6 is 0 Å². The van der Waals surface area contributed by atoms with Gasteiger partial charge in [0.2, 0.25) is 0 Å². The fourth-order valence-electron chi connectivity index (χ4n) is 2.78. The molecule has 0 saturated heterocycles. The van der Waals surface area contributed by atoms with Gasteiger partial charge in [0.1, 0.15) is 12.4 Å². The summed E-state index contributed by atoms with van der Waals surface area (Å²) in [5.74, 6) is -2.15. The summed E-state index contributed by atoms with van der Waals surface area (Å²) in [4.78, 5) is 12.4. The number of alkyl halides is 3. The van der Waals surface area contributed by atoms with Crippen molar-refractivity contribution < 1.29 is 36.9 Å². The number of carbonyl (C=O) groups excluding carboxylic acids is 1. The molecule has 1 unspecified atom stereocenters. The molecule has 1 radical (unpaired) electrons. The van der Waals surface area contributed by atoms with Gasteiger partial charge in [0.15, 0.2) is 17.1 Å². The summed E-state index contributed by atoms with van der Waals surface area (Å²) in [5, 5.41) is 21.3. The molecule has 2 rings (SSSR count). The third-order valence-corrected chi connectivity index (χ3v) is 4.35. The Morgan fingerprint density at radius 3 is 2.44 bits per heavy atom. The van der Waals surface area contributed by atoms with Gasteiger partial charge in [0.25, 0.3) is 5.91 Å². The largest absolute Gasteiger partial charge is 0.573 e. The second-order valence-corrected chi connectivity index (χ2v) is 7.12. The molecule has 1 atom stereocenters. The second-order valence-electron chi connectivity index (χ2n) is 7.12. The van der Waals surface area contributed by atoms with Crippen LogP contribution in [-0.2, 0) is 6.42 Å². The van der Waals surface area contributed by atoms with Crippen molar-refractivity contribution in [3.63, 3.8) is 0 Å². The first-order chi connectivity index (χ1) is 15.0. The molecule has 0 heterocycles. The molecule has 0 aliphatic carbocycles. The minimum absolute atomic E-state index is 0.0201. The van der Waals surface area contributed by atoms with Crippen LogP contribution in [0.3, 0.4) is 0 Å². The molecule has 1 amide bonds. The fraction of sp³-hybridized carbons (Fsp3) is 0.333. The Morgan fingerprint density at radius 1 is 1.25 bits per heavy atom. The lowest BCUT2D eigenvalue weighted by Crippen LogP contribution is -2.49. The number of hydrogen-bond donors (Lipinski definition) is 2. The smallest absolute Gasteiger partial charge is 0.487 e. The summed E-state index contributed by atoms with van der Waals surface area (Å²) in [7, 11) is 0.828. The van der Waals surface area contributed by atoms with Crippen LogP contribution < -0.4 is 20.3 Å². The average Bonchev–Trinajstić information content (AvgIpc) is 2.72. The van der Waals surface area contributed by atoms with Crippen molar-refractivity contribution in [2.75, 3.05) is 6.61 Å². The maximum absolute atomic E-state index is 14.4. The molecule has 0 aliphatic heterocycles. The Kier molecular flexibility index (Phi) is 8.11. The predicted molar refractivity (Wildman–Crippen MR) is 108 cm³/mol. The van der Waals surface area contributed by atoms with Crippen molar-refractivity contribution in [2.45, 2.75) is 38.6 Å². The molecule has 2 aromatic carbocycles. The van der Waals surface area contributed by atoms with E-state index in [-0.39, 0.29) is 11.3 Å². The molecule has 2 aromatic rings. The number of hydrogen-bond acceptors (Lipinski definition) is 5. The minimum Gasteiger partial charge on any atom is -0.487 e. The molecule has 6 nitrogen and oxygen atoms in total. The number of carbonyl (C=O) groups is 1. The van der Waals surface area contributed by atoms with Crippen LogP contribution in [0.2, 0.25) is 0 Å². The van der Waals surface area contributed by atoms with Gasteiger partial charge in [-0.25, -0.2) is 4.39 Å². The molecule has 0 aliphatic rings. The van der Waals surface area contributed by atoms with E-state index in [9.17, 15) is 32.6 Å². The number of halogens is 4. The van der Waals surface area contributed by atoms with Gasteiger partial charge in [-0.1, -0.05) is 13.3 Å². The van der Waals surface area contributed by atoms with Crippen molar-refractivity contribution in [1.82, 2.24) is 5.32 Å². The first-order valence-corrected chi connectivity index (χ1v) is 9.52. The molecule has 0 aromatic heterocycles. The van der Waals surface area contributed by atoms with Crippen molar-refractivity contribution in [2.24, 2.45) is 0 Å². The van der Waals surface area contributed by atoms with E-state index >= 15 is 0 Å². The Labute approximate surface area is 183 Å². The van der Waals surface area contributed by atoms with Crippen molar-refractivity contribution in [1.29, 1.82) is 5.26 Å². The normalized spacial score (nSPS) is 12.9. The fourth-order valence-corrected chi connectivity index (χ4v) is 2.78. The average molecular weight is 451 g/mol. The summed E-state index contributed by atoms with van der Waals surface area (Å²) in [6, 6.07) is 8.51. The zero-order valence-electron chi connectivity index (χ0n) is 17.3. The number of ether oxygens (including phenoxy) is 2. The maximum atomic E-state index is 14.4. The summed E-state index contributed by atoms with van der Waals surface area (Å²) < 4.78 is 60.2. The van der Waals surface area contributed by atoms with Gasteiger partial charge in [0.05, 0.1) is 6.07 Å². The van der Waals surface area contributed by atoms with E-state index in [4.69, 9.17) is 4.74 Å². The predicted octanol–water partition coefficient (Wildman–Crippen LogP) is 3.00. The third-order valence-electron chi connectivity index (χ3n) is 4.35. The zero-order chi connectivity index (χ0) is 23.9. The van der Waals surface area contributed by atoms with Gasteiger partial charge < -0.3 is 19.8 Å². The lowest BCUT2D eigenvalue weighted by molar-refractivity contribution is -0.274. The maximum Gasteiger partial charge on any atom is 0.573 e. The Bertz CT molecular complexity index is 993. The molecular weight excluding hydrogens is 431 g/mol. The van der Waals surface area contributed by atoms with Crippen LogP contribution in [0.4, 0.5) is 17.6 Å². The van der Waals surface area contributed by atoms with Crippen LogP contribution in [0, 0.1) is 17.1 Å². The van der Waals surface area contributed by atoms with Gasteiger partial charge in [-0.15, -0.1) is 13.2 Å². The summed E-state index contributed by atoms with van der Waals surface area (Å²) >= 11 is 0. The van der Waals surface area contributed by atoms with Crippen LogP contribution in [0.15, 0.2) is 36.4 Å². The summed E-state index contributed by atoms with van der Waals surface area (Å²) in [6.07, 6.45) is -3.58. The molecule has 0 bridgehead atoms. The van der Waals surface area contributed by atoms with Gasteiger partial charge in [-0.05, 0) is 60.8 Å². The molecule has 0 saturated carbocycles. The van der Waals surface area contributed by atoms with Crippen molar-refractivity contribution in [3.8, 4) is 17.6 Å². The number of aryl methyl sites for hydroxylation is 1. The van der Waals surface area contributed by atoms with Crippen molar-refractivity contribution in [3.05, 3.63) is 53.3 Å². The molecule has 11 heteroatoms. The number of nitrogens with one attached hydrogen (secondary N) is 1.